The maximum Gasteiger partial charge on any atom is 0.336 e. The first kappa shape index (κ1) is 29.8. The third kappa shape index (κ3) is 8.83. The number of aliphatic carboxylic acids is 3. The van der Waals surface area contributed by atoms with Gasteiger partial charge in [0.2, 0.25) is 0 Å². The lowest BCUT2D eigenvalue weighted by Gasteiger charge is -2.29. The lowest BCUT2D eigenvalue weighted by atomic mass is 9.96. The van der Waals surface area contributed by atoms with Crippen LogP contribution in [0.4, 0.5) is 0 Å². The van der Waals surface area contributed by atoms with Gasteiger partial charge in [0.1, 0.15) is 6.10 Å². The van der Waals surface area contributed by atoms with Gasteiger partial charge in [-0.3, -0.25) is 14.5 Å². The molecule has 34 heavy (non-hydrogen) atoms. The van der Waals surface area contributed by atoms with Crippen LogP contribution in [0.1, 0.15) is 46.5 Å². The van der Waals surface area contributed by atoms with E-state index in [1.807, 2.05) is 6.92 Å². The fraction of sp³-hybridized carbons (Fsp3) is 0.591. The van der Waals surface area contributed by atoms with Crippen molar-refractivity contribution in [3.8, 4) is 11.5 Å². The molecule has 1 aromatic rings. The lowest BCUT2D eigenvalue weighted by Crippen LogP contribution is -2.42. The Hall–Kier alpha value is -2.27. The molecule has 0 amide bonds. The number of ether oxygens (including phenoxy) is 2. The highest BCUT2D eigenvalue weighted by atomic mass is 35.5. The van der Waals surface area contributed by atoms with Crippen molar-refractivity contribution in [1.82, 2.24) is 4.90 Å². The molecule has 10 nitrogen and oxygen atoms in total. The molecule has 0 bridgehead atoms. The van der Waals surface area contributed by atoms with Crippen molar-refractivity contribution < 1.29 is 44.3 Å². The van der Waals surface area contributed by atoms with Crippen LogP contribution in [0.25, 0.3) is 0 Å². The van der Waals surface area contributed by atoms with Gasteiger partial charge in [0.05, 0.1) is 24.5 Å². The first-order valence-corrected chi connectivity index (χ1v) is 11.5. The third-order valence-electron chi connectivity index (χ3n) is 5.22. The molecular weight excluding hydrogens is 493 g/mol. The minimum atomic E-state index is -2.74. The van der Waals surface area contributed by atoms with Crippen molar-refractivity contribution in [2.24, 2.45) is 0 Å². The van der Waals surface area contributed by atoms with E-state index in [0.717, 1.165) is 19.5 Å². The van der Waals surface area contributed by atoms with Gasteiger partial charge in [0.25, 0.3) is 0 Å². The van der Waals surface area contributed by atoms with E-state index in [1.54, 1.807) is 12.1 Å². The normalized spacial score (nSPS) is 16.8. The fourth-order valence-corrected chi connectivity index (χ4v) is 4.21. The molecule has 1 aliphatic rings. The van der Waals surface area contributed by atoms with Crippen LogP contribution in [0.15, 0.2) is 12.1 Å². The molecule has 1 heterocycles. The Kier molecular flexibility index (Phi) is 11.9. The zero-order chi connectivity index (χ0) is 26.1. The van der Waals surface area contributed by atoms with Gasteiger partial charge in [-0.1, -0.05) is 30.1 Å². The number of carboxylic acid groups (broad SMARTS) is 3. The minimum Gasteiger partial charge on any atom is -0.488 e. The topological polar surface area (TPSA) is 154 Å². The van der Waals surface area contributed by atoms with Gasteiger partial charge in [-0.25, -0.2) is 4.79 Å². The quantitative estimate of drug-likeness (QED) is 0.339. The van der Waals surface area contributed by atoms with Gasteiger partial charge in [0, 0.05) is 17.1 Å². The molecule has 2 rings (SSSR count). The van der Waals surface area contributed by atoms with Crippen LogP contribution >= 0.6 is 23.2 Å². The number of carbonyl (C=O) groups is 3. The van der Waals surface area contributed by atoms with Crippen LogP contribution in [0.5, 0.6) is 11.5 Å². The maximum absolute atomic E-state index is 10.3. The van der Waals surface area contributed by atoms with Crippen LogP contribution in [0.3, 0.4) is 0 Å². The number of likely N-dealkylation sites (N-methyl/N-ethyl adjacent to an activating group) is 1. The minimum absolute atomic E-state index is 0.0705. The molecule has 0 radical (unpaired) electrons. The molecule has 4 N–H and O–H groups in total. The maximum atomic E-state index is 10.3. The summed E-state index contributed by atoms with van der Waals surface area (Å²) >= 11 is 12.3. The fourth-order valence-electron chi connectivity index (χ4n) is 3.68. The largest absolute Gasteiger partial charge is 0.488 e. The predicted molar refractivity (Wildman–Crippen MR) is 125 cm³/mol. The van der Waals surface area contributed by atoms with E-state index in [2.05, 4.69) is 18.7 Å². The van der Waals surface area contributed by atoms with Crippen molar-refractivity contribution in [1.29, 1.82) is 0 Å². The summed E-state index contributed by atoms with van der Waals surface area (Å²) < 4.78 is 11.8. The third-order valence-corrected chi connectivity index (χ3v) is 5.72. The predicted octanol–water partition coefficient (Wildman–Crippen LogP) is 3.40. The number of benzene rings is 1. The summed E-state index contributed by atoms with van der Waals surface area (Å²) in [5.41, 5.74) is -2.74. The highest BCUT2D eigenvalue weighted by Crippen LogP contribution is 2.39. The van der Waals surface area contributed by atoms with Gasteiger partial charge in [0.15, 0.2) is 17.1 Å². The summed E-state index contributed by atoms with van der Waals surface area (Å²) in [5, 5.41) is 34.9. The van der Waals surface area contributed by atoms with E-state index < -0.39 is 36.4 Å². The summed E-state index contributed by atoms with van der Waals surface area (Å²) in [6, 6.07) is 3.89. The highest BCUT2D eigenvalue weighted by molar-refractivity contribution is 6.35. The molecule has 1 saturated heterocycles. The molecule has 0 aromatic heterocycles. The lowest BCUT2D eigenvalue weighted by molar-refractivity contribution is -0.170. The second-order valence-electron chi connectivity index (χ2n) is 7.79. The van der Waals surface area contributed by atoms with Gasteiger partial charge >= 0.3 is 17.9 Å². The van der Waals surface area contributed by atoms with Gasteiger partial charge < -0.3 is 29.9 Å². The zero-order valence-electron chi connectivity index (χ0n) is 19.3. The Balaban J connectivity index is 0.000000385. The van der Waals surface area contributed by atoms with Crippen molar-refractivity contribution >= 4 is 41.1 Å². The van der Waals surface area contributed by atoms with Crippen LogP contribution < -0.4 is 9.47 Å². The number of hydrogen-bond donors (Lipinski definition) is 4. The van der Waals surface area contributed by atoms with Crippen molar-refractivity contribution in [2.45, 2.75) is 64.2 Å². The van der Waals surface area contributed by atoms with E-state index in [1.165, 1.54) is 6.42 Å². The molecule has 1 aliphatic heterocycles. The van der Waals surface area contributed by atoms with E-state index in [9.17, 15) is 14.4 Å². The Bertz CT molecular complexity index is 849. The smallest absolute Gasteiger partial charge is 0.336 e. The second-order valence-corrected chi connectivity index (χ2v) is 8.63. The first-order chi connectivity index (χ1) is 15.8. The second kappa shape index (κ2) is 13.6. The molecule has 12 heteroatoms. The summed E-state index contributed by atoms with van der Waals surface area (Å²) in [7, 11) is 0. The Morgan fingerprint density at radius 1 is 1.15 bits per heavy atom. The van der Waals surface area contributed by atoms with Crippen LogP contribution in [0.2, 0.25) is 10.0 Å². The van der Waals surface area contributed by atoms with E-state index >= 15 is 0 Å². The number of rotatable bonds is 11. The van der Waals surface area contributed by atoms with E-state index in [-0.39, 0.29) is 6.10 Å². The molecular formula is C22H31Cl2NO9. The highest BCUT2D eigenvalue weighted by Gasteiger charge is 2.40. The molecule has 1 fully saturated rings. The van der Waals surface area contributed by atoms with Gasteiger partial charge in [-0.05, 0) is 45.8 Å². The van der Waals surface area contributed by atoms with Crippen LogP contribution in [0, 0.1) is 0 Å². The van der Waals surface area contributed by atoms with Crippen molar-refractivity contribution in [3.05, 3.63) is 22.2 Å². The van der Waals surface area contributed by atoms with Gasteiger partial charge in [-0.15, -0.1) is 0 Å². The van der Waals surface area contributed by atoms with Crippen LogP contribution in [-0.2, 0) is 14.4 Å². The van der Waals surface area contributed by atoms with Gasteiger partial charge in [-0.2, -0.15) is 0 Å². The molecule has 2 unspecified atom stereocenters. The summed E-state index contributed by atoms with van der Waals surface area (Å²) in [4.78, 5) is 32.9. The SMILES string of the molecule is CCOc1c(Cl)cc(Cl)cc1OC(C)C1CCCN1CC.O=C(O)CC(O)(CC(=O)O)C(=O)O. The Morgan fingerprint density at radius 2 is 1.74 bits per heavy atom. The van der Waals surface area contributed by atoms with Crippen molar-refractivity contribution in [2.75, 3.05) is 19.7 Å². The van der Waals surface area contributed by atoms with Crippen molar-refractivity contribution in [3.63, 3.8) is 0 Å². The average Bonchev–Trinajstić information content (AvgIpc) is 3.18. The zero-order valence-corrected chi connectivity index (χ0v) is 20.8. The molecule has 0 spiro atoms. The molecule has 192 valence electrons. The molecule has 1 aromatic carbocycles. The molecule has 2 atom stereocenters. The summed E-state index contributed by atoms with van der Waals surface area (Å²) in [6.07, 6.45) is 0.165. The number of aliphatic hydroxyl groups is 1. The number of nitrogens with zero attached hydrogens (tertiary/aromatic N) is 1. The first-order valence-electron chi connectivity index (χ1n) is 10.8. The molecule has 0 saturated carbocycles. The van der Waals surface area contributed by atoms with E-state index in [4.69, 9.17) is 53.1 Å². The van der Waals surface area contributed by atoms with E-state index in [0.29, 0.717) is 34.2 Å². The Morgan fingerprint density at radius 3 is 2.21 bits per heavy atom. The average molecular weight is 524 g/mol. The number of hydrogen-bond acceptors (Lipinski definition) is 7. The Labute approximate surface area is 208 Å². The van der Waals surface area contributed by atoms with Crippen LogP contribution in [-0.4, -0.2) is 80.7 Å². The summed E-state index contributed by atoms with van der Waals surface area (Å²) in [6.45, 7) is 8.94. The number of likely N-dealkylation sites (tertiary alicyclic amines) is 1. The molecule has 0 aliphatic carbocycles. The monoisotopic (exact) mass is 523 g/mol. The summed E-state index contributed by atoms with van der Waals surface area (Å²) in [5.74, 6) is -3.81. The number of carboxylic acids is 3. The number of halogens is 2. The standard InChI is InChI=1S/C16H23Cl2NO2.C6H8O7/c1-4-19-8-6-7-14(19)11(3)21-15-10-12(17)9-13(18)16(15)20-5-2;7-3(8)1-6(13,5(11)12)2-4(9)10/h9-11,14H,4-8H2,1-3H3;13H,1-2H2,(H,7,8)(H,9,10)(H,11,12).